The predicted octanol–water partition coefficient (Wildman–Crippen LogP) is 4.14. The third-order valence-electron chi connectivity index (χ3n) is 3.89. The molecule has 1 saturated carbocycles. The number of nitrogens with zero attached hydrogens (tertiary/aromatic N) is 1. The number of hydrogen-bond acceptors (Lipinski definition) is 4. The van der Waals surface area contributed by atoms with Gasteiger partial charge in [0.15, 0.2) is 0 Å². The van der Waals surface area contributed by atoms with Crippen LogP contribution >= 0.6 is 11.6 Å². The average Bonchev–Trinajstić information content (AvgIpc) is 3.37. The topological polar surface area (TPSA) is 67.9 Å². The number of carbonyl (C=O) groups excluding carboxylic acids is 2. The van der Waals surface area contributed by atoms with E-state index in [-0.39, 0.29) is 18.7 Å². The number of ether oxygens (including phenoxy) is 2. The van der Waals surface area contributed by atoms with E-state index in [9.17, 15) is 9.59 Å². The molecule has 0 radical (unpaired) electrons. The molecular formula is C19H27ClN2O4. The molecule has 0 heterocycles. The summed E-state index contributed by atoms with van der Waals surface area (Å²) in [5.74, 6) is 0. The van der Waals surface area contributed by atoms with E-state index in [4.69, 9.17) is 21.1 Å². The third kappa shape index (κ3) is 6.41. The van der Waals surface area contributed by atoms with E-state index >= 15 is 0 Å². The number of alkyl carbamates (subject to hydrolysis) is 1. The number of nitrogens with one attached hydrogen (secondary N) is 1. The molecule has 0 aliphatic heterocycles. The second-order valence-electron chi connectivity index (χ2n) is 7.40. The van der Waals surface area contributed by atoms with E-state index in [0.717, 1.165) is 24.0 Å². The Morgan fingerprint density at radius 1 is 1.31 bits per heavy atom. The Balaban J connectivity index is 2.04. The summed E-state index contributed by atoms with van der Waals surface area (Å²) >= 11 is 6.34. The van der Waals surface area contributed by atoms with Crippen molar-refractivity contribution in [3.8, 4) is 0 Å². The summed E-state index contributed by atoms with van der Waals surface area (Å²) in [6.07, 6.45) is 1.77. The highest BCUT2D eigenvalue weighted by Crippen LogP contribution is 2.31. The van der Waals surface area contributed by atoms with Crippen LogP contribution in [0.5, 0.6) is 0 Å². The van der Waals surface area contributed by atoms with Crippen LogP contribution in [0.4, 0.5) is 9.59 Å². The number of rotatable bonds is 6. The van der Waals surface area contributed by atoms with Gasteiger partial charge in [0.2, 0.25) is 0 Å². The van der Waals surface area contributed by atoms with Crippen LogP contribution in [-0.2, 0) is 22.4 Å². The Kier molecular flexibility index (Phi) is 6.75. The predicted molar refractivity (Wildman–Crippen MR) is 100 cm³/mol. The van der Waals surface area contributed by atoms with Crippen LogP contribution in [0, 0.1) is 0 Å². The van der Waals surface area contributed by atoms with Gasteiger partial charge in [0.1, 0.15) is 5.60 Å². The van der Waals surface area contributed by atoms with Crippen molar-refractivity contribution in [3.63, 3.8) is 0 Å². The van der Waals surface area contributed by atoms with E-state index < -0.39 is 11.7 Å². The lowest BCUT2D eigenvalue weighted by atomic mass is 10.1. The van der Waals surface area contributed by atoms with Gasteiger partial charge in [-0.3, -0.25) is 0 Å². The zero-order valence-corrected chi connectivity index (χ0v) is 16.6. The summed E-state index contributed by atoms with van der Waals surface area (Å²) in [5.41, 5.74) is 1.32. The fourth-order valence-corrected chi connectivity index (χ4v) is 2.65. The van der Waals surface area contributed by atoms with Gasteiger partial charge in [-0.2, -0.15) is 0 Å². The molecule has 7 heteroatoms. The quantitative estimate of drug-likeness (QED) is 0.802. The van der Waals surface area contributed by atoms with Gasteiger partial charge >= 0.3 is 12.2 Å². The molecule has 2 rings (SSSR count). The number of benzene rings is 1. The van der Waals surface area contributed by atoms with Crippen LogP contribution < -0.4 is 5.32 Å². The summed E-state index contributed by atoms with van der Waals surface area (Å²) < 4.78 is 10.5. The van der Waals surface area contributed by atoms with Gasteiger partial charge in [-0.15, -0.1) is 0 Å². The Bertz CT molecular complexity index is 653. The van der Waals surface area contributed by atoms with Crippen molar-refractivity contribution in [3.05, 3.63) is 34.3 Å². The maximum Gasteiger partial charge on any atom is 0.410 e. The van der Waals surface area contributed by atoms with Crippen molar-refractivity contribution < 1.29 is 19.1 Å². The molecule has 144 valence electrons. The molecule has 0 saturated heterocycles. The molecule has 0 spiro atoms. The van der Waals surface area contributed by atoms with Crippen molar-refractivity contribution in [1.29, 1.82) is 0 Å². The molecule has 1 fully saturated rings. The molecule has 1 N–H and O–H groups in total. The average molecular weight is 383 g/mol. The Labute approximate surface area is 159 Å². The standard InChI is InChI=1S/C19H27ClN2O4/c1-19(2,3)26-18(24)22(15-6-7-15)12-14-11-13(5-8-16(14)20)9-10-25-17(23)21-4/h5,8,11,15H,6-7,9-10,12H2,1-4H3,(H,21,23). The summed E-state index contributed by atoms with van der Waals surface area (Å²) in [5, 5.41) is 3.01. The molecule has 26 heavy (non-hydrogen) atoms. The molecule has 0 bridgehead atoms. The van der Waals surface area contributed by atoms with Crippen molar-refractivity contribution in [2.24, 2.45) is 0 Å². The fraction of sp³-hybridized carbons (Fsp3) is 0.579. The first-order valence-corrected chi connectivity index (χ1v) is 9.19. The van der Waals surface area contributed by atoms with E-state index in [2.05, 4.69) is 5.32 Å². The second-order valence-corrected chi connectivity index (χ2v) is 7.81. The number of hydrogen-bond donors (Lipinski definition) is 1. The van der Waals surface area contributed by atoms with Crippen molar-refractivity contribution in [2.75, 3.05) is 13.7 Å². The molecule has 1 aliphatic carbocycles. The maximum atomic E-state index is 12.5. The molecule has 0 aromatic heterocycles. The molecular weight excluding hydrogens is 356 g/mol. The Morgan fingerprint density at radius 2 is 2.00 bits per heavy atom. The lowest BCUT2D eigenvalue weighted by Gasteiger charge is -2.28. The first-order chi connectivity index (χ1) is 12.2. The molecule has 1 aliphatic rings. The normalized spacial score (nSPS) is 13.9. The molecule has 0 atom stereocenters. The molecule has 6 nitrogen and oxygen atoms in total. The molecule has 0 unspecified atom stereocenters. The summed E-state index contributed by atoms with van der Waals surface area (Å²) in [6.45, 7) is 6.25. The first-order valence-electron chi connectivity index (χ1n) is 8.81. The summed E-state index contributed by atoms with van der Waals surface area (Å²) in [7, 11) is 1.52. The van der Waals surface area contributed by atoms with E-state index in [0.29, 0.717) is 18.0 Å². The fourth-order valence-electron chi connectivity index (χ4n) is 2.47. The van der Waals surface area contributed by atoms with Gasteiger partial charge < -0.3 is 19.7 Å². The largest absolute Gasteiger partial charge is 0.449 e. The lowest BCUT2D eigenvalue weighted by molar-refractivity contribution is 0.0216. The minimum atomic E-state index is -0.535. The molecule has 1 aromatic carbocycles. The van der Waals surface area contributed by atoms with Gasteiger partial charge in [-0.25, -0.2) is 9.59 Å². The highest BCUT2D eigenvalue weighted by Gasteiger charge is 2.35. The Morgan fingerprint density at radius 3 is 2.58 bits per heavy atom. The Hall–Kier alpha value is -1.95. The monoisotopic (exact) mass is 382 g/mol. The van der Waals surface area contributed by atoms with Gasteiger partial charge in [-0.1, -0.05) is 23.7 Å². The third-order valence-corrected chi connectivity index (χ3v) is 4.26. The minimum absolute atomic E-state index is 0.209. The second kappa shape index (κ2) is 8.62. The van der Waals surface area contributed by atoms with Gasteiger partial charge in [-0.05, 0) is 50.8 Å². The molecule has 2 amide bonds. The van der Waals surface area contributed by atoms with Crippen LogP contribution in [-0.4, -0.2) is 42.4 Å². The molecule has 1 aromatic rings. The van der Waals surface area contributed by atoms with Gasteiger partial charge in [0.05, 0.1) is 13.2 Å². The first kappa shape index (κ1) is 20.4. The lowest BCUT2D eigenvalue weighted by Crippen LogP contribution is -2.37. The summed E-state index contributed by atoms with van der Waals surface area (Å²) in [6, 6.07) is 5.87. The van der Waals surface area contributed by atoms with E-state index in [1.807, 2.05) is 39.0 Å². The highest BCUT2D eigenvalue weighted by atomic mass is 35.5. The van der Waals surface area contributed by atoms with Gasteiger partial charge in [0, 0.05) is 24.5 Å². The zero-order chi connectivity index (χ0) is 19.3. The number of halogens is 1. The van der Waals surface area contributed by atoms with Gasteiger partial charge in [0.25, 0.3) is 0 Å². The van der Waals surface area contributed by atoms with Crippen LogP contribution in [0.3, 0.4) is 0 Å². The van der Waals surface area contributed by atoms with Crippen LogP contribution in [0.15, 0.2) is 18.2 Å². The number of amides is 2. The number of carbonyl (C=O) groups is 2. The maximum absolute atomic E-state index is 12.5. The zero-order valence-electron chi connectivity index (χ0n) is 15.8. The van der Waals surface area contributed by atoms with Crippen LogP contribution in [0.1, 0.15) is 44.7 Å². The SMILES string of the molecule is CNC(=O)OCCc1ccc(Cl)c(CN(C(=O)OC(C)(C)C)C2CC2)c1. The van der Waals surface area contributed by atoms with Crippen molar-refractivity contribution in [2.45, 2.75) is 58.2 Å². The minimum Gasteiger partial charge on any atom is -0.449 e. The van der Waals surface area contributed by atoms with Crippen LogP contribution in [0.25, 0.3) is 0 Å². The summed E-state index contributed by atoms with van der Waals surface area (Å²) in [4.78, 5) is 25.4. The highest BCUT2D eigenvalue weighted by molar-refractivity contribution is 6.31. The van der Waals surface area contributed by atoms with E-state index in [1.54, 1.807) is 4.90 Å². The van der Waals surface area contributed by atoms with Crippen molar-refractivity contribution in [1.82, 2.24) is 10.2 Å². The van der Waals surface area contributed by atoms with E-state index in [1.165, 1.54) is 7.05 Å². The van der Waals surface area contributed by atoms with Crippen molar-refractivity contribution >= 4 is 23.8 Å². The smallest absolute Gasteiger partial charge is 0.410 e. The van der Waals surface area contributed by atoms with Crippen LogP contribution in [0.2, 0.25) is 5.02 Å².